The molecule has 3 N–H and O–H groups in total. The van der Waals surface area contributed by atoms with Crippen LogP contribution in [0.1, 0.15) is 38.5 Å². The van der Waals surface area contributed by atoms with Gasteiger partial charge in [-0.3, -0.25) is 9.59 Å². The van der Waals surface area contributed by atoms with Gasteiger partial charge in [0.2, 0.25) is 0 Å². The molecule has 0 heterocycles. The summed E-state index contributed by atoms with van der Waals surface area (Å²) in [6.45, 7) is 1.03. The lowest BCUT2D eigenvalue weighted by molar-refractivity contribution is -0.141. The van der Waals surface area contributed by atoms with Crippen LogP contribution in [0.2, 0.25) is 0 Å². The van der Waals surface area contributed by atoms with Crippen molar-refractivity contribution < 1.29 is 19.1 Å². The topological polar surface area (TPSA) is 90.6 Å². The van der Waals surface area contributed by atoms with E-state index in [1.807, 2.05) is 0 Å². The first-order valence-corrected chi connectivity index (χ1v) is 7.05. The van der Waals surface area contributed by atoms with Crippen LogP contribution in [0.3, 0.4) is 0 Å². The van der Waals surface area contributed by atoms with Crippen molar-refractivity contribution in [1.29, 1.82) is 0 Å². The van der Waals surface area contributed by atoms with E-state index in [9.17, 15) is 9.59 Å². The predicted molar refractivity (Wildman–Crippen MR) is 74.8 cm³/mol. The number of amides is 1. The van der Waals surface area contributed by atoms with Gasteiger partial charge in [0.1, 0.15) is 0 Å². The molecule has 0 radical (unpaired) electrons. The molecule has 0 bridgehead atoms. The van der Waals surface area contributed by atoms with Gasteiger partial charge < -0.3 is 20.5 Å². The molecular weight excluding hydrogens is 260 g/mol. The highest BCUT2D eigenvalue weighted by molar-refractivity contribution is 5.93. The van der Waals surface area contributed by atoms with E-state index in [4.69, 9.17) is 10.5 Å². The number of esters is 1. The minimum Gasteiger partial charge on any atom is -0.469 e. The molecule has 20 heavy (non-hydrogen) atoms. The number of ether oxygens (including phenoxy) is 2. The van der Waals surface area contributed by atoms with Crippen LogP contribution in [-0.4, -0.2) is 38.7 Å². The molecule has 1 aliphatic rings. The van der Waals surface area contributed by atoms with E-state index in [-0.39, 0.29) is 18.3 Å². The normalized spacial score (nSPS) is 14.8. The van der Waals surface area contributed by atoms with Crippen molar-refractivity contribution >= 4 is 11.9 Å². The van der Waals surface area contributed by atoms with Gasteiger partial charge in [-0.15, -0.1) is 0 Å². The third kappa shape index (κ3) is 6.06. The molecule has 1 amide bonds. The zero-order valence-corrected chi connectivity index (χ0v) is 12.1. The van der Waals surface area contributed by atoms with Gasteiger partial charge in [0.05, 0.1) is 32.4 Å². The Morgan fingerprint density at radius 3 is 2.55 bits per heavy atom. The van der Waals surface area contributed by atoms with Crippen LogP contribution in [0, 0.1) is 0 Å². The lowest BCUT2D eigenvalue weighted by atomic mass is 9.93. The second-order valence-corrected chi connectivity index (χ2v) is 4.77. The van der Waals surface area contributed by atoms with E-state index in [0.717, 1.165) is 31.3 Å². The Morgan fingerprint density at radius 1 is 1.20 bits per heavy atom. The summed E-state index contributed by atoms with van der Waals surface area (Å²) < 4.78 is 9.69. The van der Waals surface area contributed by atoms with Crippen LogP contribution in [0.5, 0.6) is 0 Å². The van der Waals surface area contributed by atoms with Crippen molar-refractivity contribution in [3.8, 4) is 0 Å². The van der Waals surface area contributed by atoms with Gasteiger partial charge in [-0.1, -0.05) is 6.42 Å². The molecular formula is C14H24N2O4. The zero-order valence-electron chi connectivity index (χ0n) is 12.1. The lowest BCUT2D eigenvalue weighted by Crippen LogP contribution is -2.32. The molecule has 114 valence electrons. The Labute approximate surface area is 119 Å². The van der Waals surface area contributed by atoms with E-state index >= 15 is 0 Å². The van der Waals surface area contributed by atoms with Crippen molar-refractivity contribution in [3.63, 3.8) is 0 Å². The highest BCUT2D eigenvalue weighted by atomic mass is 16.5. The maximum absolute atomic E-state index is 11.8. The Hall–Kier alpha value is -1.56. The van der Waals surface area contributed by atoms with E-state index in [2.05, 4.69) is 10.1 Å². The van der Waals surface area contributed by atoms with Crippen molar-refractivity contribution in [2.24, 2.45) is 5.73 Å². The minimum absolute atomic E-state index is 0.219. The van der Waals surface area contributed by atoms with Crippen LogP contribution in [0.15, 0.2) is 11.3 Å². The fourth-order valence-corrected chi connectivity index (χ4v) is 2.10. The summed E-state index contributed by atoms with van der Waals surface area (Å²) in [5, 5.41) is 2.72. The third-order valence-electron chi connectivity index (χ3n) is 3.29. The summed E-state index contributed by atoms with van der Waals surface area (Å²) in [5.74, 6) is -0.529. The number of hydrogen-bond donors (Lipinski definition) is 2. The quantitative estimate of drug-likeness (QED) is 0.411. The molecule has 0 atom stereocenters. The molecule has 0 unspecified atom stereocenters. The molecule has 6 heteroatoms. The smallest absolute Gasteiger partial charge is 0.307 e. The molecule has 0 aliphatic heterocycles. The monoisotopic (exact) mass is 284 g/mol. The fraction of sp³-hybridized carbons (Fsp3) is 0.714. The summed E-state index contributed by atoms with van der Waals surface area (Å²) in [7, 11) is 1.34. The Morgan fingerprint density at radius 2 is 1.90 bits per heavy atom. The second-order valence-electron chi connectivity index (χ2n) is 4.77. The molecule has 0 aromatic heterocycles. The van der Waals surface area contributed by atoms with E-state index in [1.54, 1.807) is 0 Å². The largest absolute Gasteiger partial charge is 0.469 e. The molecule has 0 spiro atoms. The number of nitrogens with two attached hydrogens (primary N) is 1. The number of allylic oxidation sites excluding steroid dienone is 1. The first-order chi connectivity index (χ1) is 9.65. The lowest BCUT2D eigenvalue weighted by Gasteiger charge is -2.16. The number of carbonyl (C=O) groups excluding carboxylic acids is 2. The van der Waals surface area contributed by atoms with Gasteiger partial charge in [-0.25, -0.2) is 0 Å². The van der Waals surface area contributed by atoms with Gasteiger partial charge in [0, 0.05) is 6.54 Å². The van der Waals surface area contributed by atoms with Crippen LogP contribution < -0.4 is 11.1 Å². The first kappa shape index (κ1) is 16.5. The molecule has 0 aromatic carbocycles. The van der Waals surface area contributed by atoms with Crippen molar-refractivity contribution in [1.82, 2.24) is 5.32 Å². The minimum atomic E-state index is -0.305. The summed E-state index contributed by atoms with van der Waals surface area (Å²) in [6.07, 6.45) is 5.51. The average molecular weight is 284 g/mol. The van der Waals surface area contributed by atoms with Gasteiger partial charge in [0.15, 0.2) is 0 Å². The first-order valence-electron chi connectivity index (χ1n) is 7.05. The van der Waals surface area contributed by atoms with Crippen molar-refractivity contribution in [2.75, 3.05) is 26.9 Å². The maximum atomic E-state index is 11.8. The maximum Gasteiger partial charge on any atom is 0.307 e. The third-order valence-corrected chi connectivity index (χ3v) is 3.29. The van der Waals surface area contributed by atoms with Crippen molar-refractivity contribution in [2.45, 2.75) is 38.5 Å². The van der Waals surface area contributed by atoms with Crippen LogP contribution in [-0.2, 0) is 19.1 Å². The summed E-state index contributed by atoms with van der Waals surface area (Å²) >= 11 is 0. The fourth-order valence-electron chi connectivity index (χ4n) is 2.10. The summed E-state index contributed by atoms with van der Waals surface area (Å²) in [6, 6.07) is 0. The average Bonchev–Trinajstić information content (AvgIpc) is 2.50. The molecule has 6 nitrogen and oxygen atoms in total. The number of nitrogens with one attached hydrogen (secondary N) is 1. The summed E-state index contributed by atoms with van der Waals surface area (Å²) in [4.78, 5) is 22.6. The van der Waals surface area contributed by atoms with Gasteiger partial charge in [-0.05, 0) is 31.3 Å². The summed E-state index contributed by atoms with van der Waals surface area (Å²) in [5.41, 5.74) is 7.29. The van der Waals surface area contributed by atoms with Gasteiger partial charge in [0.25, 0.3) is 5.91 Å². The molecule has 0 aromatic rings. The molecule has 1 rings (SSSR count). The Balaban J connectivity index is 2.15. The van der Waals surface area contributed by atoms with Crippen LogP contribution >= 0.6 is 0 Å². The molecule has 0 saturated heterocycles. The molecule has 1 fully saturated rings. The van der Waals surface area contributed by atoms with Gasteiger partial charge in [-0.2, -0.15) is 0 Å². The predicted octanol–water partition coefficient (Wildman–Crippen LogP) is 0.859. The molecule has 1 saturated carbocycles. The van der Waals surface area contributed by atoms with Crippen LogP contribution in [0.25, 0.3) is 0 Å². The van der Waals surface area contributed by atoms with Crippen molar-refractivity contribution in [3.05, 3.63) is 11.3 Å². The van der Waals surface area contributed by atoms with E-state index < -0.39 is 0 Å². The van der Waals surface area contributed by atoms with E-state index in [0.29, 0.717) is 25.5 Å². The van der Waals surface area contributed by atoms with E-state index in [1.165, 1.54) is 13.5 Å². The highest BCUT2D eigenvalue weighted by Crippen LogP contribution is 2.24. The number of carbonyl (C=O) groups is 2. The Bertz CT molecular complexity index is 358. The SMILES string of the molecule is COC(=O)CCOCCNC(=O)C(N)=C1CCCCC1. The highest BCUT2D eigenvalue weighted by Gasteiger charge is 2.14. The second kappa shape index (κ2) is 9.36. The number of methoxy groups -OCH3 is 1. The van der Waals surface area contributed by atoms with Crippen LogP contribution in [0.4, 0.5) is 0 Å². The molecule has 1 aliphatic carbocycles. The Kier molecular flexibility index (Phi) is 7.72. The van der Waals surface area contributed by atoms with Gasteiger partial charge >= 0.3 is 5.97 Å². The zero-order chi connectivity index (χ0) is 14.8. The standard InChI is InChI=1S/C14H24N2O4/c1-19-12(17)7-9-20-10-8-16-14(18)13(15)11-5-3-2-4-6-11/h2-10,15H2,1H3,(H,16,18). The number of hydrogen-bond acceptors (Lipinski definition) is 5. The number of rotatable bonds is 7.